The van der Waals surface area contributed by atoms with Gasteiger partial charge in [0.1, 0.15) is 12.2 Å². The fourth-order valence-corrected chi connectivity index (χ4v) is 4.98. The van der Waals surface area contributed by atoms with Gasteiger partial charge < -0.3 is 15.5 Å². The molecular formula is C25H32ClN5O3. The van der Waals surface area contributed by atoms with E-state index in [4.69, 9.17) is 22.4 Å². The number of likely N-dealkylation sites (tertiary alicyclic amines) is 1. The average Bonchev–Trinajstić information content (AvgIpc) is 3.28. The molecule has 0 saturated carbocycles. The number of rotatable bonds is 8. The second-order valence-corrected chi connectivity index (χ2v) is 9.72. The van der Waals surface area contributed by atoms with Crippen molar-refractivity contribution in [1.82, 2.24) is 19.6 Å². The Kier molecular flexibility index (Phi) is 7.56. The van der Waals surface area contributed by atoms with Crippen molar-refractivity contribution in [2.75, 3.05) is 26.2 Å². The standard InChI is InChI=1S/C25H32ClN5O3/c1-2-3-4-7-20-15-30(16-23(32)29-12-5-6-18(14-29)24(27)33)25(34)22-13-21(28-31(20)22)17-8-10-19(26)11-9-17/h8-11,13,18,20H,2-7,12,14-16H2,1H3,(H2,27,33). The van der Waals surface area contributed by atoms with E-state index in [1.165, 1.54) is 0 Å². The van der Waals surface area contributed by atoms with Gasteiger partial charge in [-0.05, 0) is 37.5 Å². The van der Waals surface area contributed by atoms with Crippen LogP contribution in [0.25, 0.3) is 11.3 Å². The summed E-state index contributed by atoms with van der Waals surface area (Å²) in [6.07, 6.45) is 5.56. The van der Waals surface area contributed by atoms with E-state index in [0.29, 0.717) is 42.5 Å². The van der Waals surface area contributed by atoms with Gasteiger partial charge in [0.2, 0.25) is 11.8 Å². The number of piperidine rings is 1. The van der Waals surface area contributed by atoms with Gasteiger partial charge in [0.25, 0.3) is 5.91 Å². The van der Waals surface area contributed by atoms with E-state index >= 15 is 0 Å². The Morgan fingerprint density at radius 2 is 1.94 bits per heavy atom. The van der Waals surface area contributed by atoms with Crippen LogP contribution >= 0.6 is 11.6 Å². The van der Waals surface area contributed by atoms with Crippen molar-refractivity contribution in [1.29, 1.82) is 0 Å². The Morgan fingerprint density at radius 3 is 2.65 bits per heavy atom. The molecule has 1 saturated heterocycles. The lowest BCUT2D eigenvalue weighted by molar-refractivity contribution is -0.135. The largest absolute Gasteiger partial charge is 0.369 e. The number of carbonyl (C=O) groups is 3. The van der Waals surface area contributed by atoms with Crippen molar-refractivity contribution in [2.45, 2.75) is 51.5 Å². The molecule has 0 spiro atoms. The van der Waals surface area contributed by atoms with E-state index < -0.39 is 0 Å². The zero-order chi connectivity index (χ0) is 24.2. The van der Waals surface area contributed by atoms with Gasteiger partial charge in [-0.25, -0.2) is 0 Å². The minimum absolute atomic E-state index is 0.00392. The van der Waals surface area contributed by atoms with E-state index in [1.807, 2.05) is 16.8 Å². The summed E-state index contributed by atoms with van der Waals surface area (Å²) < 4.78 is 1.84. The van der Waals surface area contributed by atoms with Crippen molar-refractivity contribution in [3.05, 3.63) is 41.0 Å². The van der Waals surface area contributed by atoms with Crippen molar-refractivity contribution in [3.63, 3.8) is 0 Å². The molecule has 182 valence electrons. The fraction of sp³-hybridized carbons (Fsp3) is 0.520. The predicted molar refractivity (Wildman–Crippen MR) is 130 cm³/mol. The van der Waals surface area contributed by atoms with E-state index in [2.05, 4.69) is 6.92 Å². The number of hydrogen-bond donors (Lipinski definition) is 1. The monoisotopic (exact) mass is 485 g/mol. The van der Waals surface area contributed by atoms with Crippen LogP contribution in [0.4, 0.5) is 0 Å². The first-order valence-corrected chi connectivity index (χ1v) is 12.5. The van der Waals surface area contributed by atoms with Gasteiger partial charge in [-0.1, -0.05) is 49.9 Å². The van der Waals surface area contributed by atoms with Crippen LogP contribution in [-0.4, -0.2) is 63.5 Å². The molecule has 2 N–H and O–H groups in total. The van der Waals surface area contributed by atoms with Gasteiger partial charge in [0.15, 0.2) is 0 Å². The molecule has 2 atom stereocenters. The molecule has 9 heteroatoms. The quantitative estimate of drug-likeness (QED) is 0.578. The first-order valence-electron chi connectivity index (χ1n) is 12.1. The Balaban J connectivity index is 1.55. The summed E-state index contributed by atoms with van der Waals surface area (Å²) in [5, 5.41) is 5.41. The van der Waals surface area contributed by atoms with Crippen LogP contribution in [0.2, 0.25) is 5.02 Å². The van der Waals surface area contributed by atoms with Crippen LogP contribution in [0.1, 0.15) is 62.0 Å². The molecule has 1 aromatic carbocycles. The molecule has 4 rings (SSSR count). The lowest BCUT2D eigenvalue weighted by Gasteiger charge is -2.36. The fourth-order valence-electron chi connectivity index (χ4n) is 4.85. The van der Waals surface area contributed by atoms with Crippen molar-refractivity contribution >= 4 is 29.3 Å². The Hall–Kier alpha value is -2.87. The summed E-state index contributed by atoms with van der Waals surface area (Å²) >= 11 is 6.03. The van der Waals surface area contributed by atoms with Crippen LogP contribution < -0.4 is 5.73 Å². The molecular weight excluding hydrogens is 454 g/mol. The molecule has 2 aliphatic heterocycles. The number of nitrogens with two attached hydrogens (primary N) is 1. The molecule has 0 bridgehead atoms. The summed E-state index contributed by atoms with van der Waals surface area (Å²) in [4.78, 5) is 41.4. The highest BCUT2D eigenvalue weighted by molar-refractivity contribution is 6.30. The number of amides is 3. The van der Waals surface area contributed by atoms with Gasteiger partial charge >= 0.3 is 0 Å². The highest BCUT2D eigenvalue weighted by atomic mass is 35.5. The first kappa shape index (κ1) is 24.3. The third-order valence-electron chi connectivity index (χ3n) is 6.80. The summed E-state index contributed by atoms with van der Waals surface area (Å²) in [5.74, 6) is -1.03. The zero-order valence-corrected chi connectivity index (χ0v) is 20.3. The molecule has 2 aromatic rings. The molecule has 3 amide bonds. The summed E-state index contributed by atoms with van der Waals surface area (Å²) in [6.45, 7) is 3.51. The maximum atomic E-state index is 13.4. The van der Waals surface area contributed by atoms with Crippen LogP contribution in [0.3, 0.4) is 0 Å². The summed E-state index contributed by atoms with van der Waals surface area (Å²) in [6, 6.07) is 9.20. The van der Waals surface area contributed by atoms with Crippen LogP contribution in [0.15, 0.2) is 30.3 Å². The number of carbonyl (C=O) groups excluding carboxylic acids is 3. The Bertz CT molecular complexity index is 1050. The van der Waals surface area contributed by atoms with Gasteiger partial charge in [0.05, 0.1) is 17.7 Å². The van der Waals surface area contributed by atoms with Gasteiger partial charge in [-0.15, -0.1) is 0 Å². The minimum atomic E-state index is -0.374. The SMILES string of the molecule is CCCCCC1CN(CC(=O)N2CCCC(C(N)=O)C2)C(=O)c2cc(-c3ccc(Cl)cc3)nn21. The average molecular weight is 486 g/mol. The molecule has 1 fully saturated rings. The van der Waals surface area contributed by atoms with Gasteiger partial charge in [0, 0.05) is 30.2 Å². The second-order valence-electron chi connectivity index (χ2n) is 9.28. The normalized spacial score (nSPS) is 20.4. The number of benzene rings is 1. The smallest absolute Gasteiger partial charge is 0.272 e. The highest BCUT2D eigenvalue weighted by Gasteiger charge is 2.35. The Morgan fingerprint density at radius 1 is 1.18 bits per heavy atom. The number of aromatic nitrogens is 2. The topological polar surface area (TPSA) is 102 Å². The molecule has 0 aliphatic carbocycles. The maximum absolute atomic E-state index is 13.4. The van der Waals surface area contributed by atoms with E-state index in [0.717, 1.165) is 37.7 Å². The number of unbranched alkanes of at least 4 members (excludes halogenated alkanes) is 2. The summed E-state index contributed by atoms with van der Waals surface area (Å²) in [5.41, 5.74) is 7.57. The third kappa shape index (κ3) is 5.27. The van der Waals surface area contributed by atoms with E-state index in [1.54, 1.807) is 28.0 Å². The van der Waals surface area contributed by atoms with E-state index in [9.17, 15) is 14.4 Å². The second kappa shape index (κ2) is 10.6. The summed E-state index contributed by atoms with van der Waals surface area (Å²) in [7, 11) is 0. The molecule has 34 heavy (non-hydrogen) atoms. The highest BCUT2D eigenvalue weighted by Crippen LogP contribution is 2.30. The third-order valence-corrected chi connectivity index (χ3v) is 7.05. The van der Waals surface area contributed by atoms with Crippen LogP contribution in [0, 0.1) is 5.92 Å². The number of fused-ring (bicyclic) bond motifs is 1. The molecule has 8 nitrogen and oxygen atoms in total. The van der Waals surface area contributed by atoms with Crippen LogP contribution in [-0.2, 0) is 9.59 Å². The molecule has 2 aliphatic rings. The van der Waals surface area contributed by atoms with Crippen molar-refractivity contribution < 1.29 is 14.4 Å². The lowest BCUT2D eigenvalue weighted by Crippen LogP contribution is -2.51. The number of primary amides is 1. The number of halogens is 1. The van der Waals surface area contributed by atoms with Gasteiger partial charge in [-0.3, -0.25) is 19.1 Å². The predicted octanol–water partition coefficient (Wildman–Crippen LogP) is 3.50. The van der Waals surface area contributed by atoms with Crippen molar-refractivity contribution in [3.8, 4) is 11.3 Å². The lowest BCUT2D eigenvalue weighted by atomic mass is 9.97. The molecule has 2 unspecified atom stereocenters. The molecule has 1 aromatic heterocycles. The van der Waals surface area contributed by atoms with Gasteiger partial charge in [-0.2, -0.15) is 5.10 Å². The van der Waals surface area contributed by atoms with Crippen molar-refractivity contribution in [2.24, 2.45) is 11.7 Å². The molecule has 3 heterocycles. The number of hydrogen-bond acceptors (Lipinski definition) is 4. The first-order chi connectivity index (χ1) is 16.4. The maximum Gasteiger partial charge on any atom is 0.272 e. The van der Waals surface area contributed by atoms with E-state index in [-0.39, 0.29) is 36.2 Å². The minimum Gasteiger partial charge on any atom is -0.369 e. The Labute approximate surface area is 205 Å². The van der Waals surface area contributed by atoms with Crippen LogP contribution in [0.5, 0.6) is 0 Å². The molecule has 0 radical (unpaired) electrons. The number of nitrogens with zero attached hydrogens (tertiary/aromatic N) is 4. The zero-order valence-electron chi connectivity index (χ0n) is 19.6.